The van der Waals surface area contributed by atoms with Crippen LogP contribution < -0.4 is 14.4 Å². The lowest BCUT2D eigenvalue weighted by molar-refractivity contribution is -0.139. The molecular formula is C27H33ClF3N3O5S. The van der Waals surface area contributed by atoms with Crippen LogP contribution >= 0.6 is 11.6 Å². The smallest absolute Gasteiger partial charge is 0.417 e. The van der Waals surface area contributed by atoms with Crippen molar-refractivity contribution in [2.45, 2.75) is 63.8 Å². The van der Waals surface area contributed by atoms with Crippen molar-refractivity contribution in [3.8, 4) is 5.75 Å². The lowest BCUT2D eigenvalue weighted by atomic mass is 9.95. The summed E-state index contributed by atoms with van der Waals surface area (Å²) in [5.41, 5.74) is -0.970. The van der Waals surface area contributed by atoms with Gasteiger partial charge in [0.15, 0.2) is 0 Å². The summed E-state index contributed by atoms with van der Waals surface area (Å²) in [6.07, 6.45) is 0.652. The normalized spacial score (nSPS) is 15.3. The number of rotatable bonds is 10. The molecule has 13 heteroatoms. The van der Waals surface area contributed by atoms with Crippen molar-refractivity contribution in [2.24, 2.45) is 0 Å². The Morgan fingerprint density at radius 2 is 1.73 bits per heavy atom. The number of benzene rings is 2. The minimum absolute atomic E-state index is 0.0241. The molecule has 0 spiro atoms. The number of alkyl halides is 3. The number of methoxy groups -OCH3 is 1. The highest BCUT2D eigenvalue weighted by Crippen LogP contribution is 2.37. The first-order valence-corrected chi connectivity index (χ1v) is 15.0. The van der Waals surface area contributed by atoms with Crippen molar-refractivity contribution in [3.05, 3.63) is 58.6 Å². The molecule has 2 aromatic rings. The molecule has 1 aliphatic rings. The van der Waals surface area contributed by atoms with Crippen LogP contribution in [0.3, 0.4) is 0 Å². The summed E-state index contributed by atoms with van der Waals surface area (Å²) in [5, 5.41) is 2.37. The first-order valence-electron chi connectivity index (χ1n) is 12.8. The number of sulfonamides is 1. The molecule has 1 fully saturated rings. The zero-order valence-corrected chi connectivity index (χ0v) is 24.1. The van der Waals surface area contributed by atoms with E-state index in [0.29, 0.717) is 21.7 Å². The Hall–Kier alpha value is -2.99. The quantitative estimate of drug-likeness (QED) is 0.412. The maximum absolute atomic E-state index is 13.7. The van der Waals surface area contributed by atoms with Crippen LogP contribution in [-0.4, -0.2) is 57.1 Å². The largest absolute Gasteiger partial charge is 0.497 e. The number of amides is 2. The third-order valence-corrected chi connectivity index (χ3v) is 8.32. The second kappa shape index (κ2) is 13.1. The van der Waals surface area contributed by atoms with Crippen LogP contribution in [-0.2, 0) is 32.3 Å². The van der Waals surface area contributed by atoms with Gasteiger partial charge >= 0.3 is 6.18 Å². The average Bonchev–Trinajstić information content (AvgIpc) is 2.90. The van der Waals surface area contributed by atoms with E-state index in [2.05, 4.69) is 5.32 Å². The van der Waals surface area contributed by atoms with Gasteiger partial charge in [-0.3, -0.25) is 13.9 Å². The van der Waals surface area contributed by atoms with Gasteiger partial charge in [0.2, 0.25) is 21.8 Å². The van der Waals surface area contributed by atoms with Crippen molar-refractivity contribution in [3.63, 3.8) is 0 Å². The summed E-state index contributed by atoms with van der Waals surface area (Å²) in [5.74, 6) is -0.585. The second-order valence-corrected chi connectivity index (χ2v) is 12.1. The molecule has 0 aliphatic heterocycles. The molecule has 0 aromatic heterocycles. The highest BCUT2D eigenvalue weighted by Gasteiger charge is 2.36. The first kappa shape index (κ1) is 31.5. The summed E-state index contributed by atoms with van der Waals surface area (Å²) < 4.78 is 71.5. The third kappa shape index (κ3) is 8.26. The van der Waals surface area contributed by atoms with E-state index in [4.69, 9.17) is 16.3 Å². The van der Waals surface area contributed by atoms with Crippen molar-refractivity contribution < 1.29 is 35.9 Å². The van der Waals surface area contributed by atoms with Crippen molar-refractivity contribution in [1.82, 2.24) is 10.2 Å². The summed E-state index contributed by atoms with van der Waals surface area (Å²) in [6, 6.07) is 8.36. The van der Waals surface area contributed by atoms with Crippen molar-refractivity contribution in [1.29, 1.82) is 0 Å². The van der Waals surface area contributed by atoms with E-state index in [9.17, 15) is 31.2 Å². The Kier molecular flexibility index (Phi) is 10.3. The van der Waals surface area contributed by atoms with Gasteiger partial charge in [-0.05, 0) is 55.7 Å². The highest BCUT2D eigenvalue weighted by molar-refractivity contribution is 7.92. The zero-order valence-electron chi connectivity index (χ0n) is 22.5. The van der Waals surface area contributed by atoms with E-state index in [1.165, 1.54) is 18.9 Å². The molecule has 0 radical (unpaired) electrons. The second-order valence-electron chi connectivity index (χ2n) is 9.82. The van der Waals surface area contributed by atoms with E-state index in [-0.39, 0.29) is 18.3 Å². The van der Waals surface area contributed by atoms with Crippen LogP contribution in [0.5, 0.6) is 5.75 Å². The maximum atomic E-state index is 13.7. The number of carbonyl (C=O) groups is 2. The number of anilines is 1. The Labute approximate surface area is 237 Å². The molecular weight excluding hydrogens is 571 g/mol. The Morgan fingerprint density at radius 1 is 1.10 bits per heavy atom. The van der Waals surface area contributed by atoms with E-state index in [1.807, 2.05) is 0 Å². The molecule has 220 valence electrons. The van der Waals surface area contributed by atoms with Crippen LogP contribution in [0.15, 0.2) is 42.5 Å². The third-order valence-electron chi connectivity index (χ3n) is 6.85. The summed E-state index contributed by atoms with van der Waals surface area (Å²) in [7, 11) is -2.71. The minimum Gasteiger partial charge on any atom is -0.497 e. The molecule has 1 atom stereocenters. The summed E-state index contributed by atoms with van der Waals surface area (Å²) in [4.78, 5) is 28.1. The molecule has 2 aromatic carbocycles. The predicted molar refractivity (Wildman–Crippen MR) is 147 cm³/mol. The fourth-order valence-electron chi connectivity index (χ4n) is 4.58. The van der Waals surface area contributed by atoms with E-state index in [0.717, 1.165) is 50.5 Å². The molecule has 0 bridgehead atoms. The molecule has 1 aliphatic carbocycles. The van der Waals surface area contributed by atoms with Gasteiger partial charge in [-0.25, -0.2) is 8.42 Å². The topological polar surface area (TPSA) is 96.0 Å². The van der Waals surface area contributed by atoms with Gasteiger partial charge in [0.05, 0.1) is 29.6 Å². The lowest BCUT2D eigenvalue weighted by Gasteiger charge is -2.33. The molecule has 1 saturated carbocycles. The fourth-order valence-corrected chi connectivity index (χ4v) is 5.64. The van der Waals surface area contributed by atoms with Crippen LogP contribution in [0.1, 0.15) is 50.2 Å². The Balaban J connectivity index is 1.93. The van der Waals surface area contributed by atoms with Crippen LogP contribution in [0.4, 0.5) is 18.9 Å². The number of ether oxygens (including phenoxy) is 1. The SMILES string of the molecule is COc1ccc(CN(C(=O)CN(c2ccc(Cl)c(C(F)(F)F)c2)S(C)(=O)=O)[C@H](C)C(=O)NC2CCCCC2)cc1. The number of halogens is 4. The van der Waals surface area contributed by atoms with Gasteiger partial charge in [-0.1, -0.05) is 43.0 Å². The molecule has 8 nitrogen and oxygen atoms in total. The van der Waals surface area contributed by atoms with Crippen LogP contribution in [0.25, 0.3) is 0 Å². The van der Waals surface area contributed by atoms with Crippen molar-refractivity contribution >= 4 is 39.1 Å². The highest BCUT2D eigenvalue weighted by atomic mass is 35.5. The zero-order chi connectivity index (χ0) is 29.7. The maximum Gasteiger partial charge on any atom is 0.417 e. The standard InChI is InChI=1S/C27H33ClF3N3O5S/c1-18(26(36)32-20-7-5-4-6-8-20)33(16-19-9-12-22(39-2)13-10-19)25(35)17-34(40(3,37)38)21-11-14-24(28)23(15-21)27(29,30)31/h9-15,18,20H,4-8,16-17H2,1-3H3,(H,32,36)/t18-/m1/s1. The molecule has 1 N–H and O–H groups in total. The lowest BCUT2D eigenvalue weighted by Crippen LogP contribution is -2.53. The molecule has 0 saturated heterocycles. The molecule has 3 rings (SSSR count). The number of carbonyl (C=O) groups excluding carboxylic acids is 2. The number of nitrogens with zero attached hydrogens (tertiary/aromatic N) is 2. The van der Waals surface area contributed by atoms with E-state index >= 15 is 0 Å². The van der Waals surface area contributed by atoms with Gasteiger partial charge in [-0.2, -0.15) is 13.2 Å². The number of hydrogen-bond acceptors (Lipinski definition) is 5. The predicted octanol–water partition coefficient (Wildman–Crippen LogP) is 5.00. The van der Waals surface area contributed by atoms with Gasteiger partial charge in [0.25, 0.3) is 0 Å². The van der Waals surface area contributed by atoms with E-state index < -0.39 is 51.2 Å². The van der Waals surface area contributed by atoms with Crippen LogP contribution in [0, 0.1) is 0 Å². The molecule has 40 heavy (non-hydrogen) atoms. The average molecular weight is 604 g/mol. The Morgan fingerprint density at radius 3 is 2.27 bits per heavy atom. The monoisotopic (exact) mass is 603 g/mol. The first-order chi connectivity index (χ1) is 18.7. The molecule has 2 amide bonds. The molecule has 0 heterocycles. The van der Waals surface area contributed by atoms with Crippen LogP contribution in [0.2, 0.25) is 5.02 Å². The minimum atomic E-state index is -4.84. The van der Waals surface area contributed by atoms with E-state index in [1.54, 1.807) is 24.3 Å². The van der Waals surface area contributed by atoms with Gasteiger partial charge in [0, 0.05) is 12.6 Å². The van der Waals surface area contributed by atoms with Gasteiger partial charge < -0.3 is 15.0 Å². The number of hydrogen-bond donors (Lipinski definition) is 1. The Bertz CT molecular complexity index is 1300. The van der Waals surface area contributed by atoms with Crippen molar-refractivity contribution in [2.75, 3.05) is 24.2 Å². The fraction of sp³-hybridized carbons (Fsp3) is 0.481. The summed E-state index contributed by atoms with van der Waals surface area (Å²) >= 11 is 5.71. The van der Waals surface area contributed by atoms with Gasteiger partial charge in [-0.15, -0.1) is 0 Å². The summed E-state index contributed by atoms with van der Waals surface area (Å²) in [6.45, 7) is 0.664. The molecule has 0 unspecified atom stereocenters. The van der Waals surface area contributed by atoms with Gasteiger partial charge in [0.1, 0.15) is 18.3 Å². The number of nitrogens with one attached hydrogen (secondary N) is 1.